The number of likely N-dealkylation sites (tertiary alicyclic amines) is 1. The van der Waals surface area contributed by atoms with E-state index in [1.807, 2.05) is 18.5 Å². The van der Waals surface area contributed by atoms with Gasteiger partial charge in [0.15, 0.2) is 0 Å². The Bertz CT molecular complexity index is 491. The van der Waals surface area contributed by atoms with Gasteiger partial charge in [-0.05, 0) is 44.7 Å². The van der Waals surface area contributed by atoms with Gasteiger partial charge < -0.3 is 9.64 Å². The predicted molar refractivity (Wildman–Crippen MR) is 85.9 cm³/mol. The van der Waals surface area contributed by atoms with E-state index in [4.69, 9.17) is 4.74 Å². The van der Waals surface area contributed by atoms with Crippen molar-refractivity contribution in [2.75, 3.05) is 44.3 Å². The highest BCUT2D eigenvalue weighted by molar-refractivity contribution is 5.30. The molecule has 4 heterocycles. The first kappa shape index (κ1) is 14.4. The standard InChI is InChI=1S/C17H26N4O/c1-5-17(14-21(9-1)16-18-7-2-8-19-16)6-10-20(13-17)15-3-11-22-12-4-15/h2,7-8,15H,1,3-6,9-14H2. The van der Waals surface area contributed by atoms with Crippen LogP contribution in [0.4, 0.5) is 5.95 Å². The molecule has 22 heavy (non-hydrogen) atoms. The quantitative estimate of drug-likeness (QED) is 0.835. The monoisotopic (exact) mass is 302 g/mol. The van der Waals surface area contributed by atoms with Crippen LogP contribution >= 0.6 is 0 Å². The lowest BCUT2D eigenvalue weighted by Gasteiger charge is -2.41. The molecular formula is C17H26N4O. The third-order valence-electron chi connectivity index (χ3n) is 5.67. The van der Waals surface area contributed by atoms with E-state index in [2.05, 4.69) is 19.8 Å². The molecule has 0 amide bonds. The molecule has 0 N–H and O–H groups in total. The molecule has 3 fully saturated rings. The zero-order chi connectivity index (χ0) is 14.8. The number of hydrogen-bond donors (Lipinski definition) is 0. The summed E-state index contributed by atoms with van der Waals surface area (Å²) in [6, 6.07) is 2.64. The van der Waals surface area contributed by atoms with Crippen molar-refractivity contribution in [3.8, 4) is 0 Å². The smallest absolute Gasteiger partial charge is 0.225 e. The van der Waals surface area contributed by atoms with Crippen LogP contribution in [-0.4, -0.2) is 60.3 Å². The number of ether oxygens (including phenoxy) is 1. The highest BCUT2D eigenvalue weighted by atomic mass is 16.5. The maximum absolute atomic E-state index is 5.52. The minimum Gasteiger partial charge on any atom is -0.381 e. The van der Waals surface area contributed by atoms with Crippen molar-refractivity contribution in [3.05, 3.63) is 18.5 Å². The predicted octanol–water partition coefficient (Wildman–Crippen LogP) is 1.95. The maximum Gasteiger partial charge on any atom is 0.225 e. The average molecular weight is 302 g/mol. The van der Waals surface area contributed by atoms with Crippen molar-refractivity contribution in [2.24, 2.45) is 5.41 Å². The molecule has 1 unspecified atom stereocenters. The Hall–Kier alpha value is -1.20. The Labute approximate surface area is 132 Å². The van der Waals surface area contributed by atoms with E-state index < -0.39 is 0 Å². The molecule has 1 atom stereocenters. The molecule has 0 radical (unpaired) electrons. The molecule has 3 aliphatic rings. The Morgan fingerprint density at radius 2 is 1.86 bits per heavy atom. The van der Waals surface area contributed by atoms with E-state index in [-0.39, 0.29) is 0 Å². The molecule has 0 saturated carbocycles. The van der Waals surface area contributed by atoms with Crippen molar-refractivity contribution in [1.29, 1.82) is 0 Å². The van der Waals surface area contributed by atoms with E-state index in [1.54, 1.807) is 0 Å². The third-order valence-corrected chi connectivity index (χ3v) is 5.67. The lowest BCUT2D eigenvalue weighted by Crippen LogP contribution is -2.47. The summed E-state index contributed by atoms with van der Waals surface area (Å²) in [6.07, 6.45) is 10.1. The zero-order valence-electron chi connectivity index (χ0n) is 13.3. The largest absolute Gasteiger partial charge is 0.381 e. The summed E-state index contributed by atoms with van der Waals surface area (Å²) in [4.78, 5) is 14.0. The minimum atomic E-state index is 0.454. The SMILES string of the molecule is c1cnc(N2CCCC3(CCN(C4CCOCC4)C3)C2)nc1. The fraction of sp³-hybridized carbons (Fsp3) is 0.765. The maximum atomic E-state index is 5.52. The van der Waals surface area contributed by atoms with E-state index in [0.717, 1.165) is 38.3 Å². The first-order chi connectivity index (χ1) is 10.8. The molecular weight excluding hydrogens is 276 g/mol. The van der Waals surface area contributed by atoms with Crippen LogP contribution in [-0.2, 0) is 4.74 Å². The highest BCUT2D eigenvalue weighted by Crippen LogP contribution is 2.41. The summed E-state index contributed by atoms with van der Waals surface area (Å²) in [5.41, 5.74) is 0.454. The number of hydrogen-bond acceptors (Lipinski definition) is 5. The van der Waals surface area contributed by atoms with Crippen LogP contribution in [0.5, 0.6) is 0 Å². The Kier molecular flexibility index (Phi) is 4.01. The Morgan fingerprint density at radius 1 is 1.05 bits per heavy atom. The number of rotatable bonds is 2. The Morgan fingerprint density at radius 3 is 2.68 bits per heavy atom. The first-order valence-electron chi connectivity index (χ1n) is 8.69. The molecule has 5 heteroatoms. The van der Waals surface area contributed by atoms with Crippen LogP contribution in [0.2, 0.25) is 0 Å². The zero-order valence-corrected chi connectivity index (χ0v) is 13.3. The second-order valence-corrected chi connectivity index (χ2v) is 7.14. The van der Waals surface area contributed by atoms with Gasteiger partial charge in [0, 0.05) is 56.7 Å². The van der Waals surface area contributed by atoms with Gasteiger partial charge in [-0.2, -0.15) is 0 Å². The van der Waals surface area contributed by atoms with E-state index in [0.29, 0.717) is 5.41 Å². The van der Waals surface area contributed by atoms with E-state index in [9.17, 15) is 0 Å². The third kappa shape index (κ3) is 2.84. The van der Waals surface area contributed by atoms with Crippen molar-refractivity contribution in [1.82, 2.24) is 14.9 Å². The van der Waals surface area contributed by atoms with Crippen LogP contribution in [0.3, 0.4) is 0 Å². The topological polar surface area (TPSA) is 41.5 Å². The normalized spacial score (nSPS) is 31.0. The summed E-state index contributed by atoms with van der Waals surface area (Å²) in [5, 5.41) is 0. The molecule has 0 aliphatic carbocycles. The molecule has 4 rings (SSSR count). The van der Waals surface area contributed by atoms with Gasteiger partial charge in [0.05, 0.1) is 0 Å². The molecule has 0 aromatic carbocycles. The molecule has 3 aliphatic heterocycles. The molecule has 1 aromatic heterocycles. The molecule has 1 spiro atoms. The lowest BCUT2D eigenvalue weighted by atomic mass is 9.79. The summed E-state index contributed by atoms with van der Waals surface area (Å²) in [6.45, 7) is 6.62. The molecule has 3 saturated heterocycles. The Balaban J connectivity index is 1.43. The van der Waals surface area contributed by atoms with E-state index >= 15 is 0 Å². The van der Waals surface area contributed by atoms with Crippen molar-refractivity contribution < 1.29 is 4.74 Å². The molecule has 5 nitrogen and oxygen atoms in total. The van der Waals surface area contributed by atoms with E-state index in [1.165, 1.54) is 45.2 Å². The van der Waals surface area contributed by atoms with Gasteiger partial charge in [-0.3, -0.25) is 4.90 Å². The number of nitrogens with zero attached hydrogens (tertiary/aromatic N) is 4. The second kappa shape index (κ2) is 6.13. The van der Waals surface area contributed by atoms with Gasteiger partial charge in [-0.1, -0.05) is 0 Å². The fourth-order valence-electron chi connectivity index (χ4n) is 4.50. The molecule has 120 valence electrons. The average Bonchev–Trinajstić information content (AvgIpc) is 3.00. The van der Waals surface area contributed by atoms with Crippen LogP contribution in [0, 0.1) is 5.41 Å². The van der Waals surface area contributed by atoms with Crippen LogP contribution in [0.25, 0.3) is 0 Å². The number of aromatic nitrogens is 2. The number of piperidine rings is 1. The van der Waals surface area contributed by atoms with Gasteiger partial charge in [0.2, 0.25) is 5.95 Å². The number of anilines is 1. The summed E-state index contributed by atoms with van der Waals surface area (Å²) in [7, 11) is 0. The van der Waals surface area contributed by atoms with Gasteiger partial charge in [0.1, 0.15) is 0 Å². The van der Waals surface area contributed by atoms with Crippen molar-refractivity contribution >= 4 is 5.95 Å². The van der Waals surface area contributed by atoms with Crippen LogP contribution in [0.1, 0.15) is 32.1 Å². The fourth-order valence-corrected chi connectivity index (χ4v) is 4.50. The van der Waals surface area contributed by atoms with Gasteiger partial charge in [-0.15, -0.1) is 0 Å². The van der Waals surface area contributed by atoms with Gasteiger partial charge in [-0.25, -0.2) is 9.97 Å². The minimum absolute atomic E-state index is 0.454. The molecule has 1 aromatic rings. The summed E-state index contributed by atoms with van der Waals surface area (Å²) in [5.74, 6) is 0.908. The van der Waals surface area contributed by atoms with Crippen LogP contribution in [0.15, 0.2) is 18.5 Å². The highest BCUT2D eigenvalue weighted by Gasteiger charge is 2.43. The van der Waals surface area contributed by atoms with Crippen molar-refractivity contribution in [3.63, 3.8) is 0 Å². The lowest BCUT2D eigenvalue weighted by molar-refractivity contribution is 0.0375. The summed E-state index contributed by atoms with van der Waals surface area (Å²) < 4.78 is 5.52. The van der Waals surface area contributed by atoms with Crippen molar-refractivity contribution in [2.45, 2.75) is 38.1 Å². The summed E-state index contributed by atoms with van der Waals surface area (Å²) >= 11 is 0. The van der Waals surface area contributed by atoms with Gasteiger partial charge in [0.25, 0.3) is 0 Å². The second-order valence-electron chi connectivity index (χ2n) is 7.14. The first-order valence-corrected chi connectivity index (χ1v) is 8.69. The molecule has 0 bridgehead atoms. The van der Waals surface area contributed by atoms with Gasteiger partial charge >= 0.3 is 0 Å². The van der Waals surface area contributed by atoms with Crippen LogP contribution < -0.4 is 4.90 Å².